The summed E-state index contributed by atoms with van der Waals surface area (Å²) in [7, 11) is 0. The van der Waals surface area contributed by atoms with Gasteiger partial charge in [0.05, 0.1) is 38.0 Å². The molecule has 1 aromatic carbocycles. The zero-order chi connectivity index (χ0) is 31.7. The molecule has 3 fully saturated rings. The monoisotopic (exact) mass is 664 g/mol. The molecule has 0 amide bonds. The molecule has 2 atom stereocenters. The predicted octanol–water partition coefficient (Wildman–Crippen LogP) is 5.29. The highest BCUT2D eigenvalue weighted by Gasteiger charge is 2.49. The van der Waals surface area contributed by atoms with E-state index >= 15 is 13.2 Å². The van der Waals surface area contributed by atoms with Crippen LogP contribution in [0.15, 0.2) is 12.3 Å². The molecule has 236 valence electrons. The van der Waals surface area contributed by atoms with E-state index < -0.39 is 45.5 Å². The number of piperazine rings is 1. The van der Waals surface area contributed by atoms with E-state index in [-0.39, 0.29) is 56.4 Å². The van der Waals surface area contributed by atoms with Gasteiger partial charge in [-0.05, 0) is 31.0 Å². The summed E-state index contributed by atoms with van der Waals surface area (Å²) in [6, 6.07) is 2.12. The molecule has 0 unspecified atom stereocenters. The SMILES string of the molecule is N#Cc1c(N)sc2c(F)cc(F)c(-c3ncc4c(N5CCNCC5)nc(OC[C@@]56CCCN5C[C@H](F)C6)nc4c3C(F)(F)Cl)c12. The highest BCUT2D eigenvalue weighted by molar-refractivity contribution is 7.23. The molecule has 4 aromatic rings. The third-order valence-corrected chi connectivity index (χ3v) is 10.1. The molecule has 9 nitrogen and oxygen atoms in total. The minimum absolute atomic E-state index is 0.0391. The number of anilines is 2. The minimum Gasteiger partial charge on any atom is -0.461 e. The number of nitrogens with zero attached hydrogens (tertiary/aromatic N) is 6. The summed E-state index contributed by atoms with van der Waals surface area (Å²) in [6.07, 6.45) is 2.07. The van der Waals surface area contributed by atoms with E-state index in [0.717, 1.165) is 13.0 Å². The average Bonchev–Trinajstić information content (AvgIpc) is 3.64. The van der Waals surface area contributed by atoms with Crippen LogP contribution in [0.1, 0.15) is 30.4 Å². The first-order chi connectivity index (χ1) is 21.5. The van der Waals surface area contributed by atoms with Gasteiger partial charge in [0.1, 0.15) is 41.3 Å². The normalized spacial score (nSPS) is 22.3. The first-order valence-corrected chi connectivity index (χ1v) is 15.6. The van der Waals surface area contributed by atoms with Crippen LogP contribution in [0.25, 0.3) is 32.2 Å². The number of nitrogens with one attached hydrogen (secondary N) is 1. The smallest absolute Gasteiger partial charge is 0.352 e. The summed E-state index contributed by atoms with van der Waals surface area (Å²) in [5.74, 6) is -1.99. The van der Waals surface area contributed by atoms with E-state index in [0.29, 0.717) is 56.5 Å². The molecule has 3 N–H and O–H groups in total. The number of hydrogen-bond acceptors (Lipinski definition) is 10. The van der Waals surface area contributed by atoms with Gasteiger partial charge < -0.3 is 20.7 Å². The Hall–Kier alpha value is -3.58. The van der Waals surface area contributed by atoms with Gasteiger partial charge in [-0.3, -0.25) is 9.88 Å². The van der Waals surface area contributed by atoms with Crippen LogP contribution < -0.4 is 20.7 Å². The second-order valence-corrected chi connectivity index (χ2v) is 13.1. The Bertz CT molecular complexity index is 1870. The maximum Gasteiger partial charge on any atom is 0.352 e. The van der Waals surface area contributed by atoms with Crippen LogP contribution in [0.3, 0.4) is 0 Å². The van der Waals surface area contributed by atoms with Crippen LogP contribution in [-0.4, -0.2) is 77.4 Å². The first kappa shape index (κ1) is 30.1. The molecule has 0 spiro atoms. The van der Waals surface area contributed by atoms with Crippen molar-refractivity contribution < 1.29 is 26.7 Å². The molecule has 16 heteroatoms. The Balaban J connectivity index is 1.46. The zero-order valence-corrected chi connectivity index (χ0v) is 25.2. The molecule has 0 aliphatic carbocycles. The lowest BCUT2D eigenvalue weighted by molar-refractivity contribution is 0.0965. The van der Waals surface area contributed by atoms with Crippen molar-refractivity contribution in [2.45, 2.75) is 36.4 Å². The molecular formula is C29H26ClF5N8OS. The fraction of sp³-hybridized carbons (Fsp3) is 0.448. The number of aromatic nitrogens is 3. The van der Waals surface area contributed by atoms with Crippen molar-refractivity contribution in [2.75, 3.05) is 56.5 Å². The second kappa shape index (κ2) is 11.0. The highest BCUT2D eigenvalue weighted by Crippen LogP contribution is 2.48. The molecular weight excluding hydrogens is 639 g/mol. The fourth-order valence-corrected chi connectivity index (χ4v) is 8.02. The van der Waals surface area contributed by atoms with Crippen molar-refractivity contribution in [2.24, 2.45) is 0 Å². The third-order valence-electron chi connectivity index (χ3n) is 8.88. The van der Waals surface area contributed by atoms with E-state index in [9.17, 15) is 14.0 Å². The fourth-order valence-electron chi connectivity index (χ4n) is 6.91. The molecule has 6 heterocycles. The van der Waals surface area contributed by atoms with Crippen LogP contribution in [0.5, 0.6) is 6.01 Å². The number of nitrogens with two attached hydrogens (primary N) is 1. The zero-order valence-electron chi connectivity index (χ0n) is 23.6. The number of thiophene rings is 1. The van der Waals surface area contributed by atoms with Crippen molar-refractivity contribution in [3.63, 3.8) is 0 Å². The lowest BCUT2D eigenvalue weighted by Gasteiger charge is -2.32. The summed E-state index contributed by atoms with van der Waals surface area (Å²) >= 11 is 6.43. The topological polar surface area (TPSA) is 116 Å². The maximum atomic E-state index is 15.6. The number of rotatable bonds is 6. The summed E-state index contributed by atoms with van der Waals surface area (Å²) < 4.78 is 81.9. The number of fused-ring (bicyclic) bond motifs is 3. The number of nitriles is 1. The van der Waals surface area contributed by atoms with Gasteiger partial charge in [0.15, 0.2) is 0 Å². The van der Waals surface area contributed by atoms with Crippen molar-refractivity contribution in [1.82, 2.24) is 25.2 Å². The van der Waals surface area contributed by atoms with E-state index in [1.54, 1.807) is 0 Å². The molecule has 0 saturated carbocycles. The van der Waals surface area contributed by atoms with Gasteiger partial charge in [-0.1, -0.05) is 0 Å². The molecule has 0 radical (unpaired) electrons. The Morgan fingerprint density at radius 2 is 2.00 bits per heavy atom. The molecule has 3 aliphatic heterocycles. The summed E-state index contributed by atoms with van der Waals surface area (Å²) in [4.78, 5) is 17.1. The van der Waals surface area contributed by atoms with E-state index in [2.05, 4.69) is 20.3 Å². The Morgan fingerprint density at radius 1 is 1.22 bits per heavy atom. The van der Waals surface area contributed by atoms with Gasteiger partial charge in [-0.15, -0.1) is 11.3 Å². The third kappa shape index (κ3) is 4.98. The number of benzene rings is 1. The number of hydrogen-bond donors (Lipinski definition) is 2. The van der Waals surface area contributed by atoms with Crippen LogP contribution in [0.2, 0.25) is 0 Å². The molecule has 3 aromatic heterocycles. The Kier molecular flexibility index (Phi) is 7.38. The molecule has 0 bridgehead atoms. The first-order valence-electron chi connectivity index (χ1n) is 14.4. The number of halogens is 6. The average molecular weight is 665 g/mol. The lowest BCUT2D eigenvalue weighted by atomic mass is 9.95. The van der Waals surface area contributed by atoms with Crippen LogP contribution in [0.4, 0.5) is 32.8 Å². The number of pyridine rings is 1. The maximum absolute atomic E-state index is 15.6. The molecule has 7 rings (SSSR count). The quantitative estimate of drug-likeness (QED) is 0.210. The summed E-state index contributed by atoms with van der Waals surface area (Å²) in [6.45, 7) is 3.20. The van der Waals surface area contributed by atoms with E-state index in [1.807, 2.05) is 15.9 Å². The number of nitrogen functional groups attached to an aromatic ring is 1. The van der Waals surface area contributed by atoms with Crippen molar-refractivity contribution in [1.29, 1.82) is 5.26 Å². The van der Waals surface area contributed by atoms with Gasteiger partial charge in [-0.2, -0.15) is 24.0 Å². The lowest BCUT2D eigenvalue weighted by Crippen LogP contribution is -2.44. The Morgan fingerprint density at radius 3 is 2.73 bits per heavy atom. The van der Waals surface area contributed by atoms with Crippen LogP contribution in [-0.2, 0) is 5.38 Å². The van der Waals surface area contributed by atoms with Gasteiger partial charge in [0.25, 0.3) is 0 Å². The van der Waals surface area contributed by atoms with Crippen LogP contribution in [0, 0.1) is 23.0 Å². The van der Waals surface area contributed by atoms with Gasteiger partial charge in [0, 0.05) is 62.4 Å². The summed E-state index contributed by atoms with van der Waals surface area (Å²) in [5, 5.41) is 8.54. The van der Waals surface area contributed by atoms with Gasteiger partial charge >= 0.3 is 11.4 Å². The standard InChI is InChI=1S/C29H26ClF5N8OS/c30-29(34,35)21-22-16(11-39-23(21)20-17(32)8-18(33)24-19(20)15(10-36)25(37)45-24)26(42-6-3-38-4-7-42)41-27(40-22)44-13-28-2-1-5-43(28)12-14(31)9-28/h8,11,14,38H,1-7,9,12-13,37H2/t14-,28+/m1/s1. The largest absolute Gasteiger partial charge is 0.461 e. The minimum atomic E-state index is -4.16. The van der Waals surface area contributed by atoms with Crippen LogP contribution >= 0.6 is 22.9 Å². The molecule has 45 heavy (non-hydrogen) atoms. The molecule has 3 aliphatic rings. The second-order valence-electron chi connectivity index (χ2n) is 11.5. The highest BCUT2D eigenvalue weighted by atomic mass is 35.5. The van der Waals surface area contributed by atoms with Crippen molar-refractivity contribution in [3.05, 3.63) is 35.0 Å². The predicted molar refractivity (Wildman–Crippen MR) is 161 cm³/mol. The van der Waals surface area contributed by atoms with Crippen molar-refractivity contribution >= 4 is 54.7 Å². The van der Waals surface area contributed by atoms with Gasteiger partial charge in [-0.25, -0.2) is 13.2 Å². The van der Waals surface area contributed by atoms with E-state index in [4.69, 9.17) is 22.1 Å². The van der Waals surface area contributed by atoms with Gasteiger partial charge in [0.2, 0.25) is 0 Å². The molecule has 3 saturated heterocycles. The van der Waals surface area contributed by atoms with Crippen molar-refractivity contribution in [3.8, 4) is 23.3 Å². The number of alkyl halides is 4. The number of ether oxygens (including phenoxy) is 1. The van der Waals surface area contributed by atoms with E-state index in [1.165, 1.54) is 6.20 Å². The Labute approximate surface area is 262 Å². The summed E-state index contributed by atoms with van der Waals surface area (Å²) in [5.41, 5.74) is 2.59.